The second kappa shape index (κ2) is 5.59. The first kappa shape index (κ1) is 14.2. The summed E-state index contributed by atoms with van der Waals surface area (Å²) in [5.74, 6) is -0.428. The average Bonchev–Trinajstić information content (AvgIpc) is 2.95. The van der Waals surface area contributed by atoms with Crippen molar-refractivity contribution in [3.05, 3.63) is 47.8 Å². The standard InChI is InChI=1S/C15H17N5O2/c1-18(2)14(21)12-13-15(22)19(6-7-20(13)10-17-12)9-11-4-3-5-16-8-11/h3-5,8,10H,6-7,9H2,1-2H3. The highest BCUT2D eigenvalue weighted by molar-refractivity contribution is 6.05. The maximum Gasteiger partial charge on any atom is 0.274 e. The zero-order valence-electron chi connectivity index (χ0n) is 12.6. The summed E-state index contributed by atoms with van der Waals surface area (Å²) in [5, 5.41) is 0. The lowest BCUT2D eigenvalue weighted by atomic mass is 10.2. The van der Waals surface area contributed by atoms with Gasteiger partial charge in [-0.3, -0.25) is 14.6 Å². The lowest BCUT2D eigenvalue weighted by molar-refractivity contribution is 0.0678. The molecule has 7 nitrogen and oxygen atoms in total. The number of pyridine rings is 1. The lowest BCUT2D eigenvalue weighted by Crippen LogP contribution is -2.40. The Balaban J connectivity index is 1.88. The maximum atomic E-state index is 12.7. The quantitative estimate of drug-likeness (QED) is 0.833. The number of rotatable bonds is 3. The fourth-order valence-corrected chi connectivity index (χ4v) is 2.49. The van der Waals surface area contributed by atoms with Gasteiger partial charge in [0.05, 0.1) is 6.33 Å². The SMILES string of the molecule is CN(C)C(=O)c1ncn2c1C(=O)N(Cc1cccnc1)CC2. The van der Waals surface area contributed by atoms with Gasteiger partial charge in [-0.1, -0.05) is 6.07 Å². The number of hydrogen-bond donors (Lipinski definition) is 0. The molecule has 3 heterocycles. The fraction of sp³-hybridized carbons (Fsp3) is 0.333. The normalized spacial score (nSPS) is 13.9. The molecular weight excluding hydrogens is 282 g/mol. The fourth-order valence-electron chi connectivity index (χ4n) is 2.49. The summed E-state index contributed by atoms with van der Waals surface area (Å²) in [5.41, 5.74) is 1.55. The molecule has 0 aromatic carbocycles. The van der Waals surface area contributed by atoms with Gasteiger partial charge in [-0.2, -0.15) is 0 Å². The first-order valence-corrected chi connectivity index (χ1v) is 7.03. The summed E-state index contributed by atoms with van der Waals surface area (Å²) < 4.78 is 1.75. The van der Waals surface area contributed by atoms with E-state index in [1.54, 1.807) is 42.3 Å². The van der Waals surface area contributed by atoms with E-state index in [-0.39, 0.29) is 17.5 Å². The van der Waals surface area contributed by atoms with Crippen LogP contribution in [0.2, 0.25) is 0 Å². The van der Waals surface area contributed by atoms with Crippen molar-refractivity contribution >= 4 is 11.8 Å². The number of carbonyl (C=O) groups is 2. The Morgan fingerprint density at radius 2 is 2.18 bits per heavy atom. The molecule has 0 saturated carbocycles. The summed E-state index contributed by atoms with van der Waals surface area (Å²) in [6.07, 6.45) is 5.00. The van der Waals surface area contributed by atoms with Crippen molar-refractivity contribution in [2.75, 3.05) is 20.6 Å². The number of hydrogen-bond acceptors (Lipinski definition) is 4. The number of fused-ring (bicyclic) bond motifs is 1. The van der Waals surface area contributed by atoms with Crippen molar-refractivity contribution in [2.45, 2.75) is 13.1 Å². The van der Waals surface area contributed by atoms with Gasteiger partial charge in [0.15, 0.2) is 5.69 Å². The number of amides is 2. The Morgan fingerprint density at radius 3 is 2.86 bits per heavy atom. The molecule has 1 aliphatic rings. The van der Waals surface area contributed by atoms with Crippen molar-refractivity contribution in [3.8, 4) is 0 Å². The van der Waals surface area contributed by atoms with Gasteiger partial charge >= 0.3 is 0 Å². The molecule has 0 spiro atoms. The van der Waals surface area contributed by atoms with Gasteiger partial charge in [0.25, 0.3) is 11.8 Å². The number of aromatic nitrogens is 3. The van der Waals surface area contributed by atoms with Crippen LogP contribution in [0.3, 0.4) is 0 Å². The molecule has 2 amide bonds. The third kappa shape index (κ3) is 2.45. The van der Waals surface area contributed by atoms with Gasteiger partial charge in [-0.25, -0.2) is 4.98 Å². The predicted octanol–water partition coefficient (Wildman–Crippen LogP) is 0.636. The Kier molecular flexibility index (Phi) is 3.62. The van der Waals surface area contributed by atoms with Crippen LogP contribution in [0.1, 0.15) is 26.5 Å². The molecule has 114 valence electrons. The van der Waals surface area contributed by atoms with E-state index >= 15 is 0 Å². The third-order valence-electron chi connectivity index (χ3n) is 3.64. The zero-order valence-corrected chi connectivity index (χ0v) is 12.6. The summed E-state index contributed by atoms with van der Waals surface area (Å²) in [7, 11) is 3.30. The Labute approximate surface area is 128 Å². The van der Waals surface area contributed by atoms with Crippen LogP contribution in [-0.2, 0) is 13.1 Å². The van der Waals surface area contributed by atoms with E-state index in [1.807, 2.05) is 12.1 Å². The first-order chi connectivity index (χ1) is 10.6. The van der Waals surface area contributed by atoms with Gasteiger partial charge in [-0.05, 0) is 11.6 Å². The number of imidazole rings is 1. The molecular formula is C15H17N5O2. The van der Waals surface area contributed by atoms with E-state index in [4.69, 9.17) is 0 Å². The van der Waals surface area contributed by atoms with E-state index in [1.165, 1.54) is 4.90 Å². The summed E-state index contributed by atoms with van der Waals surface area (Å²) >= 11 is 0. The second-order valence-electron chi connectivity index (χ2n) is 5.42. The zero-order chi connectivity index (χ0) is 15.7. The lowest BCUT2D eigenvalue weighted by Gasteiger charge is -2.28. The molecule has 0 fully saturated rings. The largest absolute Gasteiger partial charge is 0.343 e. The molecule has 0 N–H and O–H groups in total. The van der Waals surface area contributed by atoms with Crippen molar-refractivity contribution in [2.24, 2.45) is 0 Å². The topological polar surface area (TPSA) is 71.3 Å². The molecule has 0 atom stereocenters. The Bertz CT molecular complexity index is 708. The minimum Gasteiger partial charge on any atom is -0.343 e. The van der Waals surface area contributed by atoms with Crippen LogP contribution >= 0.6 is 0 Å². The van der Waals surface area contributed by atoms with Crippen LogP contribution in [0, 0.1) is 0 Å². The van der Waals surface area contributed by atoms with Crippen molar-refractivity contribution < 1.29 is 9.59 Å². The molecule has 2 aromatic rings. The van der Waals surface area contributed by atoms with Crippen LogP contribution in [0.5, 0.6) is 0 Å². The van der Waals surface area contributed by atoms with Crippen LogP contribution in [-0.4, -0.2) is 56.8 Å². The smallest absolute Gasteiger partial charge is 0.274 e. The molecule has 2 aromatic heterocycles. The van der Waals surface area contributed by atoms with Crippen LogP contribution in [0.15, 0.2) is 30.9 Å². The molecule has 0 aliphatic carbocycles. The average molecular weight is 299 g/mol. The molecule has 0 radical (unpaired) electrons. The second-order valence-corrected chi connectivity index (χ2v) is 5.42. The van der Waals surface area contributed by atoms with E-state index < -0.39 is 0 Å². The van der Waals surface area contributed by atoms with E-state index in [2.05, 4.69) is 9.97 Å². The van der Waals surface area contributed by atoms with Crippen molar-refractivity contribution in [3.63, 3.8) is 0 Å². The van der Waals surface area contributed by atoms with E-state index in [0.717, 1.165) is 5.56 Å². The maximum absolute atomic E-state index is 12.7. The van der Waals surface area contributed by atoms with Crippen LogP contribution < -0.4 is 0 Å². The monoisotopic (exact) mass is 299 g/mol. The minimum absolute atomic E-state index is 0.169. The van der Waals surface area contributed by atoms with E-state index in [0.29, 0.717) is 25.3 Å². The Hall–Kier alpha value is -2.70. The molecule has 0 bridgehead atoms. The summed E-state index contributed by atoms with van der Waals surface area (Å²) in [4.78, 5) is 36.2. The molecule has 22 heavy (non-hydrogen) atoms. The Morgan fingerprint density at radius 1 is 1.36 bits per heavy atom. The van der Waals surface area contributed by atoms with E-state index in [9.17, 15) is 9.59 Å². The van der Waals surface area contributed by atoms with Gasteiger partial charge in [0.2, 0.25) is 0 Å². The van der Waals surface area contributed by atoms with Crippen LogP contribution in [0.4, 0.5) is 0 Å². The first-order valence-electron chi connectivity index (χ1n) is 7.03. The van der Waals surface area contributed by atoms with Gasteiger partial charge < -0.3 is 14.4 Å². The van der Waals surface area contributed by atoms with Crippen LogP contribution in [0.25, 0.3) is 0 Å². The van der Waals surface area contributed by atoms with Gasteiger partial charge in [-0.15, -0.1) is 0 Å². The van der Waals surface area contributed by atoms with Crippen molar-refractivity contribution in [1.82, 2.24) is 24.3 Å². The number of carbonyl (C=O) groups excluding carboxylic acids is 2. The third-order valence-corrected chi connectivity index (χ3v) is 3.64. The summed E-state index contributed by atoms with van der Waals surface area (Å²) in [6, 6.07) is 3.77. The molecule has 1 aliphatic heterocycles. The van der Waals surface area contributed by atoms with Gasteiger partial charge in [0.1, 0.15) is 5.69 Å². The number of nitrogens with zero attached hydrogens (tertiary/aromatic N) is 5. The minimum atomic E-state index is -0.259. The highest BCUT2D eigenvalue weighted by Crippen LogP contribution is 2.19. The van der Waals surface area contributed by atoms with Crippen molar-refractivity contribution in [1.29, 1.82) is 0 Å². The molecule has 0 saturated heterocycles. The van der Waals surface area contributed by atoms with Gasteiger partial charge in [0, 0.05) is 46.1 Å². The molecule has 3 rings (SSSR count). The molecule has 7 heteroatoms. The highest BCUT2D eigenvalue weighted by Gasteiger charge is 2.31. The predicted molar refractivity (Wildman–Crippen MR) is 79.2 cm³/mol. The highest BCUT2D eigenvalue weighted by atomic mass is 16.2. The summed E-state index contributed by atoms with van der Waals surface area (Å²) in [6.45, 7) is 1.70. The molecule has 0 unspecified atom stereocenters.